The van der Waals surface area contributed by atoms with Crippen LogP contribution in [0.3, 0.4) is 0 Å². The van der Waals surface area contributed by atoms with Crippen LogP contribution >= 0.6 is 12.1 Å². The van der Waals surface area contributed by atoms with Gasteiger partial charge in [0.25, 0.3) is 0 Å². The third-order valence-electron chi connectivity index (χ3n) is 1.08. The summed E-state index contributed by atoms with van der Waals surface area (Å²) >= 11 is 1.09. The Labute approximate surface area is 71.8 Å². The predicted octanol–water partition coefficient (Wildman–Crippen LogP) is 0.212. The van der Waals surface area contributed by atoms with Crippen LogP contribution in [-0.4, -0.2) is 44.5 Å². The van der Waals surface area contributed by atoms with Gasteiger partial charge in [-0.3, -0.25) is 4.90 Å². The van der Waals surface area contributed by atoms with E-state index in [4.69, 9.17) is 5.73 Å². The fraction of sp³-hybridized carbons (Fsp3) is 0.667. The summed E-state index contributed by atoms with van der Waals surface area (Å²) in [4.78, 5) is 2.08. The lowest BCUT2D eigenvalue weighted by Crippen LogP contribution is -2.26. The van der Waals surface area contributed by atoms with Crippen LogP contribution in [0.1, 0.15) is 0 Å². The summed E-state index contributed by atoms with van der Waals surface area (Å²) < 4.78 is 7.40. The minimum absolute atomic E-state index is 0.678. The lowest BCUT2D eigenvalue weighted by atomic mass is 10.5. The monoisotopic (exact) mass is 174 g/mol. The molecule has 5 heteroatoms. The van der Waals surface area contributed by atoms with Gasteiger partial charge in [0.2, 0.25) is 0 Å². The van der Waals surface area contributed by atoms with E-state index in [1.165, 1.54) is 0 Å². The van der Waals surface area contributed by atoms with Gasteiger partial charge in [0.15, 0.2) is 0 Å². The molecule has 0 aliphatic rings. The molecule has 64 valence electrons. The van der Waals surface area contributed by atoms with Gasteiger partial charge in [0.1, 0.15) is 12.1 Å². The van der Waals surface area contributed by atoms with Crippen LogP contribution < -0.4 is 5.73 Å². The van der Waals surface area contributed by atoms with E-state index < -0.39 is 0 Å². The topological polar surface area (TPSA) is 54.0 Å². The van der Waals surface area contributed by atoms with E-state index in [1.807, 2.05) is 7.05 Å². The van der Waals surface area contributed by atoms with Crippen LogP contribution in [0.4, 0.5) is 0 Å². The minimum Gasteiger partial charge on any atom is -0.329 e. The molecule has 0 fully saturated rings. The molecule has 0 rings (SSSR count). The summed E-state index contributed by atoms with van der Waals surface area (Å²) in [5, 5.41) is 0. The van der Waals surface area contributed by atoms with E-state index in [0.29, 0.717) is 6.54 Å². The molecule has 0 saturated heterocycles. The summed E-state index contributed by atoms with van der Waals surface area (Å²) in [5.74, 6) is 0. The number of nitrogens with two attached hydrogens (primary N) is 1. The highest BCUT2D eigenvalue weighted by Gasteiger charge is 1.90. The van der Waals surface area contributed by atoms with Crippen molar-refractivity contribution in [1.82, 2.24) is 4.90 Å². The van der Waals surface area contributed by atoms with Crippen molar-refractivity contribution in [3.8, 4) is 0 Å². The molecule has 0 saturated carbocycles. The number of hydrogen-bond donors (Lipinski definition) is 1. The fourth-order valence-corrected chi connectivity index (χ4v) is 0.751. The Morgan fingerprint density at radius 1 is 1.73 bits per heavy atom. The maximum Gasteiger partial charge on any atom is 0.114 e. The first-order valence-corrected chi connectivity index (χ1v) is 4.07. The van der Waals surface area contributed by atoms with Crippen molar-refractivity contribution in [1.29, 1.82) is 0 Å². The lowest BCUT2D eigenvalue weighted by Gasteiger charge is -2.10. The first-order valence-electron chi connectivity index (χ1n) is 3.34. The molecule has 0 spiro atoms. The van der Waals surface area contributed by atoms with Crippen molar-refractivity contribution in [3.05, 3.63) is 0 Å². The summed E-state index contributed by atoms with van der Waals surface area (Å²) in [6, 6.07) is 0. The van der Waals surface area contributed by atoms with E-state index >= 15 is 0 Å². The molecule has 0 unspecified atom stereocenters. The van der Waals surface area contributed by atoms with Gasteiger partial charge >= 0.3 is 0 Å². The Balaban J connectivity index is 3.28. The second-order valence-electron chi connectivity index (χ2n) is 2.05. The summed E-state index contributed by atoms with van der Waals surface area (Å²) in [5.41, 5.74) is 5.34. The molecule has 0 bridgehead atoms. The Kier molecular flexibility index (Phi) is 7.44. The third kappa shape index (κ3) is 7.51. The average molecular weight is 174 g/mol. The van der Waals surface area contributed by atoms with Crippen molar-refractivity contribution in [2.75, 3.05) is 26.7 Å². The lowest BCUT2D eigenvalue weighted by molar-refractivity contribution is 0.394. The molecule has 0 aliphatic carbocycles. The van der Waals surface area contributed by atoms with Crippen LogP contribution in [-0.2, 0) is 0 Å². The first kappa shape index (κ1) is 10.6. The van der Waals surface area contributed by atoms with E-state index in [-0.39, 0.29) is 0 Å². The zero-order valence-corrected chi connectivity index (χ0v) is 7.55. The van der Waals surface area contributed by atoms with E-state index in [2.05, 4.69) is 20.4 Å². The van der Waals surface area contributed by atoms with Gasteiger partial charge < -0.3 is 5.73 Å². The van der Waals surface area contributed by atoms with Crippen molar-refractivity contribution >= 4 is 25.1 Å². The summed E-state index contributed by atoms with van der Waals surface area (Å²) in [7, 11) is 1.99. The van der Waals surface area contributed by atoms with Crippen molar-refractivity contribution in [2.45, 2.75) is 0 Å². The number of nitrogens with zero attached hydrogens (tertiary/aromatic N) is 3. The van der Waals surface area contributed by atoms with Crippen molar-refractivity contribution < 1.29 is 0 Å². The normalized spacial score (nSPS) is 11.2. The molecule has 0 heterocycles. The highest BCUT2D eigenvalue weighted by Crippen LogP contribution is 1.98. The van der Waals surface area contributed by atoms with Gasteiger partial charge in [0.05, 0.1) is 0 Å². The largest absolute Gasteiger partial charge is 0.329 e. The standard InChI is InChI=1S/C6H14N4S/c1-8-11-9-4-6-10(2)5-3-7/h4H,1,3,5-7H2,2H3. The molecular formula is C6H14N4S. The van der Waals surface area contributed by atoms with Gasteiger partial charge in [-0.05, 0) is 7.05 Å². The number of rotatable bonds is 6. The van der Waals surface area contributed by atoms with Gasteiger partial charge in [0, 0.05) is 32.6 Å². The maximum absolute atomic E-state index is 5.34. The zero-order chi connectivity index (χ0) is 8.53. The Morgan fingerprint density at radius 3 is 3.00 bits per heavy atom. The third-order valence-corrected chi connectivity index (χ3v) is 1.44. The molecule has 2 N–H and O–H groups in total. The van der Waals surface area contributed by atoms with Gasteiger partial charge in [-0.15, -0.1) is 0 Å². The minimum atomic E-state index is 0.678. The molecule has 0 atom stereocenters. The Morgan fingerprint density at radius 2 is 2.45 bits per heavy atom. The fourth-order valence-electron chi connectivity index (χ4n) is 0.551. The second kappa shape index (κ2) is 7.71. The Bertz CT molecular complexity index is 126. The maximum atomic E-state index is 5.34. The smallest absolute Gasteiger partial charge is 0.114 e. The molecule has 0 radical (unpaired) electrons. The predicted molar refractivity (Wildman–Crippen MR) is 52.2 cm³/mol. The molecule has 0 aromatic carbocycles. The zero-order valence-electron chi connectivity index (χ0n) is 6.73. The first-order chi connectivity index (χ1) is 5.31. The quantitative estimate of drug-likeness (QED) is 0.462. The van der Waals surface area contributed by atoms with Gasteiger partial charge in [-0.1, -0.05) is 0 Å². The van der Waals surface area contributed by atoms with Crippen LogP contribution in [0.15, 0.2) is 8.80 Å². The van der Waals surface area contributed by atoms with Crippen LogP contribution in [0, 0.1) is 0 Å². The highest BCUT2D eigenvalue weighted by atomic mass is 32.2. The van der Waals surface area contributed by atoms with Crippen molar-refractivity contribution in [2.24, 2.45) is 14.5 Å². The van der Waals surface area contributed by atoms with Gasteiger partial charge in [-0.2, -0.15) is 0 Å². The second-order valence-corrected chi connectivity index (χ2v) is 2.68. The van der Waals surface area contributed by atoms with Crippen LogP contribution in [0.25, 0.3) is 0 Å². The van der Waals surface area contributed by atoms with E-state index in [0.717, 1.165) is 25.2 Å². The highest BCUT2D eigenvalue weighted by molar-refractivity contribution is 7.96. The van der Waals surface area contributed by atoms with E-state index in [9.17, 15) is 0 Å². The summed E-state index contributed by atoms with van der Waals surface area (Å²) in [6.07, 6.45) is 1.79. The molecule has 0 aromatic heterocycles. The molecular weight excluding hydrogens is 160 g/mol. The molecule has 0 aliphatic heterocycles. The molecule has 0 amide bonds. The van der Waals surface area contributed by atoms with Crippen LogP contribution in [0.2, 0.25) is 0 Å². The van der Waals surface area contributed by atoms with Gasteiger partial charge in [-0.25, -0.2) is 8.80 Å². The van der Waals surface area contributed by atoms with Crippen molar-refractivity contribution in [3.63, 3.8) is 0 Å². The molecule has 4 nitrogen and oxygen atoms in total. The van der Waals surface area contributed by atoms with E-state index in [1.54, 1.807) is 6.21 Å². The number of hydrogen-bond acceptors (Lipinski definition) is 5. The van der Waals surface area contributed by atoms with Crippen LogP contribution in [0.5, 0.6) is 0 Å². The average Bonchev–Trinajstić information content (AvgIpc) is 1.99. The molecule has 11 heavy (non-hydrogen) atoms. The molecule has 0 aromatic rings. The summed E-state index contributed by atoms with van der Waals surface area (Å²) in [6.45, 7) is 5.65. The SMILES string of the molecule is C=NSN=CCN(C)CCN. The number of likely N-dealkylation sites (N-methyl/N-ethyl adjacent to an activating group) is 1. The Hall–Kier alpha value is -0.390.